The molecule has 0 atom stereocenters. The van der Waals surface area contributed by atoms with Crippen molar-refractivity contribution in [2.75, 3.05) is 33.2 Å². The first-order valence-corrected chi connectivity index (χ1v) is 10.5. The summed E-state index contributed by atoms with van der Waals surface area (Å²) in [5, 5.41) is 12.3. The number of non-ortho nitro benzene ring substituents is 1. The number of pyridine rings is 1. The average Bonchev–Trinajstić information content (AvgIpc) is 2.78. The Labute approximate surface area is 184 Å². The van der Waals surface area contributed by atoms with E-state index in [-0.39, 0.29) is 11.3 Å². The number of hydrogen-bond donors (Lipinski definition) is 2. The zero-order chi connectivity index (χ0) is 22.0. The highest BCUT2D eigenvalue weighted by Gasteiger charge is 2.25. The van der Waals surface area contributed by atoms with E-state index in [9.17, 15) is 14.9 Å². The number of likely N-dealkylation sites (N-methyl/N-ethyl adjacent to an activating group) is 1. The predicted octanol–water partition coefficient (Wildman–Crippen LogP) is 0.929. The number of nitro groups is 1. The summed E-state index contributed by atoms with van der Waals surface area (Å²) < 4.78 is 5.80. The van der Waals surface area contributed by atoms with Gasteiger partial charge in [-0.05, 0) is 24.3 Å². The van der Waals surface area contributed by atoms with Gasteiger partial charge in [-0.1, -0.05) is 17.7 Å². The molecule has 0 unspecified atom stereocenters. The molecule has 160 valence electrons. The quantitative estimate of drug-likeness (QED) is 0.265. The number of piperazine rings is 1. The summed E-state index contributed by atoms with van der Waals surface area (Å²) in [6, 6.07) is 10.9. The van der Waals surface area contributed by atoms with Gasteiger partial charge in [0.1, 0.15) is 38.2 Å². The summed E-state index contributed by atoms with van der Waals surface area (Å²) in [6.45, 7) is 4.79. The minimum atomic E-state index is -0.669. The first-order chi connectivity index (χ1) is 14.9. The molecule has 0 amide bonds. The molecule has 0 bridgehead atoms. The highest BCUT2D eigenvalue weighted by molar-refractivity contribution is 6.35. The number of hydrogen-bond acceptors (Lipinski definition) is 5. The Morgan fingerprint density at radius 1 is 1.19 bits per heavy atom. The Balaban J connectivity index is 1.71. The van der Waals surface area contributed by atoms with Crippen LogP contribution < -0.4 is 14.5 Å². The molecule has 0 aliphatic carbocycles. The number of nitro benzene ring substituents is 1. The second-order valence-electron chi connectivity index (χ2n) is 7.83. The number of nitrogens with one attached hydrogen (secondary N) is 2. The molecule has 1 saturated heterocycles. The highest BCUT2D eigenvalue weighted by Crippen LogP contribution is 2.34. The second-order valence-corrected chi connectivity index (χ2v) is 8.23. The van der Waals surface area contributed by atoms with Crippen LogP contribution in [0.5, 0.6) is 5.75 Å². The number of carbonyl (C=O) groups excluding carboxylic acids is 1. The first kappa shape index (κ1) is 21.2. The third kappa shape index (κ3) is 4.66. The maximum atomic E-state index is 12.9. The fourth-order valence-corrected chi connectivity index (χ4v) is 4.13. The SMILES string of the molecule is C[NH+]1CC[NH+](Cc2cc(Cl)c3cccnc3c2OC(=O)c2cccc([N+](=O)[O-])c2)CC1. The Kier molecular flexibility index (Phi) is 6.13. The molecule has 0 spiro atoms. The number of aromatic nitrogens is 1. The van der Waals surface area contributed by atoms with Crippen LogP contribution in [0.15, 0.2) is 48.7 Å². The lowest BCUT2D eigenvalue weighted by molar-refractivity contribution is -1.01. The zero-order valence-electron chi connectivity index (χ0n) is 17.1. The van der Waals surface area contributed by atoms with Crippen LogP contribution in [0, 0.1) is 10.1 Å². The van der Waals surface area contributed by atoms with E-state index < -0.39 is 10.9 Å². The summed E-state index contributed by atoms with van der Waals surface area (Å²) >= 11 is 6.52. The van der Waals surface area contributed by atoms with Crippen LogP contribution >= 0.6 is 11.6 Å². The number of ether oxygens (including phenoxy) is 1. The smallest absolute Gasteiger partial charge is 0.343 e. The number of nitrogens with zero attached hydrogens (tertiary/aromatic N) is 2. The molecule has 8 nitrogen and oxygen atoms in total. The maximum absolute atomic E-state index is 12.9. The molecule has 31 heavy (non-hydrogen) atoms. The van der Waals surface area contributed by atoms with Gasteiger partial charge in [0.25, 0.3) is 5.69 Å². The Morgan fingerprint density at radius 3 is 2.71 bits per heavy atom. The van der Waals surface area contributed by atoms with E-state index in [1.807, 2.05) is 12.1 Å². The van der Waals surface area contributed by atoms with Crippen molar-refractivity contribution in [2.45, 2.75) is 6.54 Å². The lowest BCUT2D eigenvalue weighted by Crippen LogP contribution is -3.26. The van der Waals surface area contributed by atoms with Crippen molar-refractivity contribution in [3.05, 3.63) is 74.9 Å². The van der Waals surface area contributed by atoms with Gasteiger partial charge in [0.15, 0.2) is 5.75 Å². The summed E-state index contributed by atoms with van der Waals surface area (Å²) in [4.78, 5) is 30.7. The maximum Gasteiger partial charge on any atom is 0.343 e. The molecular formula is C22H23ClN4O4+2. The van der Waals surface area contributed by atoms with E-state index in [2.05, 4.69) is 12.0 Å². The normalized spacial score (nSPS) is 18.6. The molecule has 1 aliphatic rings. The van der Waals surface area contributed by atoms with Gasteiger partial charge in [-0.25, -0.2) is 4.79 Å². The molecule has 0 radical (unpaired) electrons. The van der Waals surface area contributed by atoms with Crippen molar-refractivity contribution in [1.29, 1.82) is 0 Å². The third-order valence-electron chi connectivity index (χ3n) is 5.61. The number of fused-ring (bicyclic) bond motifs is 1. The molecule has 2 N–H and O–H groups in total. The van der Waals surface area contributed by atoms with E-state index in [4.69, 9.17) is 16.3 Å². The van der Waals surface area contributed by atoms with E-state index in [1.54, 1.807) is 12.3 Å². The molecule has 2 aromatic carbocycles. The summed E-state index contributed by atoms with van der Waals surface area (Å²) in [5.41, 5.74) is 1.24. The largest absolute Gasteiger partial charge is 0.420 e. The van der Waals surface area contributed by atoms with Crippen molar-refractivity contribution in [3.8, 4) is 5.75 Å². The summed E-state index contributed by atoms with van der Waals surface area (Å²) in [6.07, 6.45) is 1.62. The van der Waals surface area contributed by atoms with Gasteiger partial charge < -0.3 is 14.5 Å². The van der Waals surface area contributed by atoms with Crippen molar-refractivity contribution >= 4 is 34.2 Å². The molecule has 0 saturated carbocycles. The molecular weight excluding hydrogens is 420 g/mol. The van der Waals surface area contributed by atoms with Crippen molar-refractivity contribution in [2.24, 2.45) is 0 Å². The lowest BCUT2D eigenvalue weighted by Gasteiger charge is -2.28. The predicted molar refractivity (Wildman–Crippen MR) is 116 cm³/mol. The van der Waals surface area contributed by atoms with E-state index in [0.29, 0.717) is 28.2 Å². The highest BCUT2D eigenvalue weighted by atomic mass is 35.5. The number of benzene rings is 2. The van der Waals surface area contributed by atoms with E-state index in [1.165, 1.54) is 34.1 Å². The van der Waals surface area contributed by atoms with Crippen LogP contribution in [0.25, 0.3) is 10.9 Å². The third-order valence-corrected chi connectivity index (χ3v) is 5.92. The minimum absolute atomic E-state index is 0.106. The summed E-state index contributed by atoms with van der Waals surface area (Å²) in [7, 11) is 2.18. The number of halogens is 1. The van der Waals surface area contributed by atoms with E-state index in [0.717, 1.165) is 31.7 Å². The molecule has 1 aromatic heterocycles. The van der Waals surface area contributed by atoms with Crippen molar-refractivity contribution in [3.63, 3.8) is 0 Å². The number of quaternary nitrogens is 2. The van der Waals surface area contributed by atoms with Crippen LogP contribution in [0.3, 0.4) is 0 Å². The standard InChI is InChI=1S/C22H21ClN4O4/c1-25-8-10-26(11-9-25)14-16-13-19(23)18-6-3-7-24-20(18)21(16)31-22(28)15-4-2-5-17(12-15)27(29)30/h2-7,12-13H,8-11,14H2,1H3/p+2. The van der Waals surface area contributed by atoms with Gasteiger partial charge in [0.2, 0.25) is 0 Å². The van der Waals surface area contributed by atoms with Crippen LogP contribution in [-0.4, -0.2) is 49.1 Å². The van der Waals surface area contributed by atoms with Crippen LogP contribution in [0.2, 0.25) is 5.02 Å². The Morgan fingerprint density at radius 2 is 1.97 bits per heavy atom. The van der Waals surface area contributed by atoms with Gasteiger partial charge >= 0.3 is 5.97 Å². The Hall–Kier alpha value is -3.07. The molecule has 3 aromatic rings. The number of esters is 1. The van der Waals surface area contributed by atoms with Crippen molar-refractivity contribution < 1.29 is 24.3 Å². The molecule has 1 aliphatic heterocycles. The van der Waals surface area contributed by atoms with Crippen LogP contribution in [0.1, 0.15) is 15.9 Å². The molecule has 9 heteroatoms. The first-order valence-electron chi connectivity index (χ1n) is 10.1. The summed E-state index contributed by atoms with van der Waals surface area (Å²) in [5.74, 6) is -0.313. The Bertz CT molecular complexity index is 1150. The van der Waals surface area contributed by atoms with Crippen molar-refractivity contribution in [1.82, 2.24) is 4.98 Å². The second kappa shape index (κ2) is 8.97. The molecule has 1 fully saturated rings. The average molecular weight is 443 g/mol. The molecule has 2 heterocycles. The van der Waals surface area contributed by atoms with Gasteiger partial charge in [-0.2, -0.15) is 0 Å². The van der Waals surface area contributed by atoms with Gasteiger partial charge in [-0.3, -0.25) is 15.1 Å². The fraction of sp³-hybridized carbons (Fsp3) is 0.273. The zero-order valence-corrected chi connectivity index (χ0v) is 17.8. The van der Waals surface area contributed by atoms with Crippen LogP contribution in [-0.2, 0) is 6.54 Å². The number of carbonyl (C=O) groups is 1. The van der Waals surface area contributed by atoms with Gasteiger partial charge in [-0.15, -0.1) is 0 Å². The topological polar surface area (TPSA) is 91.2 Å². The van der Waals surface area contributed by atoms with Crippen LogP contribution in [0.4, 0.5) is 5.69 Å². The number of rotatable bonds is 5. The van der Waals surface area contributed by atoms with Gasteiger partial charge in [0.05, 0.1) is 28.1 Å². The van der Waals surface area contributed by atoms with E-state index >= 15 is 0 Å². The van der Waals surface area contributed by atoms with Gasteiger partial charge in [0, 0.05) is 23.7 Å². The monoisotopic (exact) mass is 442 g/mol. The molecule has 4 rings (SSSR count). The lowest BCUT2D eigenvalue weighted by atomic mass is 10.1. The fourth-order valence-electron chi connectivity index (χ4n) is 3.85. The minimum Gasteiger partial charge on any atom is -0.420 e.